The molecule has 1 aromatic carbocycles. The highest BCUT2D eigenvalue weighted by atomic mass is 79.9. The van der Waals surface area contributed by atoms with Crippen LogP contribution in [0.25, 0.3) is 10.9 Å². The van der Waals surface area contributed by atoms with Gasteiger partial charge >= 0.3 is 0 Å². The minimum Gasteiger partial charge on any atom is -0.381 e. The van der Waals surface area contributed by atoms with E-state index in [2.05, 4.69) is 26.2 Å². The van der Waals surface area contributed by atoms with E-state index < -0.39 is 0 Å². The normalized spacial score (nSPS) is 22.4. The van der Waals surface area contributed by atoms with Crippen LogP contribution in [0.2, 0.25) is 0 Å². The average molecular weight is 339 g/mol. The average Bonchev–Trinajstić information content (AvgIpc) is 2.88. The summed E-state index contributed by atoms with van der Waals surface area (Å²) in [7, 11) is 1.75. The van der Waals surface area contributed by atoms with Gasteiger partial charge in [-0.2, -0.15) is 0 Å². The Morgan fingerprint density at radius 1 is 1.35 bits per heavy atom. The van der Waals surface area contributed by atoms with E-state index >= 15 is 0 Å². The molecule has 1 aliphatic carbocycles. The maximum absolute atomic E-state index is 13.6. The third-order valence-electron chi connectivity index (χ3n) is 3.80. The topological polar surface area (TPSA) is 34.1 Å². The first-order valence-electron chi connectivity index (χ1n) is 6.71. The summed E-state index contributed by atoms with van der Waals surface area (Å²) in [4.78, 5) is 4.48. The lowest BCUT2D eigenvalue weighted by molar-refractivity contribution is 0.108. The van der Waals surface area contributed by atoms with Crippen molar-refractivity contribution in [3.05, 3.63) is 34.6 Å². The van der Waals surface area contributed by atoms with Gasteiger partial charge in [-0.1, -0.05) is 0 Å². The zero-order valence-corrected chi connectivity index (χ0v) is 12.8. The van der Waals surface area contributed by atoms with Gasteiger partial charge in [0.15, 0.2) is 0 Å². The Hall–Kier alpha value is -1.20. The lowest BCUT2D eigenvalue weighted by Gasteiger charge is -2.14. The first-order chi connectivity index (χ1) is 9.65. The number of anilines is 1. The SMILES string of the molecule is COC1CCC(Nc2ccc3cc(Br)c(F)cc3n2)C1. The lowest BCUT2D eigenvalue weighted by atomic mass is 10.2. The Morgan fingerprint density at radius 3 is 2.95 bits per heavy atom. The van der Waals surface area contributed by atoms with Gasteiger partial charge in [0, 0.05) is 24.6 Å². The summed E-state index contributed by atoms with van der Waals surface area (Å²) >= 11 is 3.19. The number of benzene rings is 1. The Kier molecular flexibility index (Phi) is 3.89. The third kappa shape index (κ3) is 2.79. The molecule has 0 radical (unpaired) electrons. The quantitative estimate of drug-likeness (QED) is 0.914. The van der Waals surface area contributed by atoms with Crippen molar-refractivity contribution >= 4 is 32.7 Å². The van der Waals surface area contributed by atoms with Crippen LogP contribution in [0.3, 0.4) is 0 Å². The van der Waals surface area contributed by atoms with Crippen LogP contribution in [0.5, 0.6) is 0 Å². The van der Waals surface area contributed by atoms with Gasteiger partial charge in [-0.3, -0.25) is 0 Å². The molecule has 1 N–H and O–H groups in total. The number of aromatic nitrogens is 1. The van der Waals surface area contributed by atoms with E-state index in [1.54, 1.807) is 13.2 Å². The molecule has 2 unspecified atom stereocenters. The number of nitrogens with zero attached hydrogens (tertiary/aromatic N) is 1. The minimum absolute atomic E-state index is 0.289. The van der Waals surface area contributed by atoms with E-state index in [9.17, 15) is 4.39 Å². The summed E-state index contributed by atoms with van der Waals surface area (Å²) in [5.41, 5.74) is 0.664. The molecule has 20 heavy (non-hydrogen) atoms. The zero-order valence-electron chi connectivity index (χ0n) is 11.2. The molecule has 0 bridgehead atoms. The molecule has 0 spiro atoms. The van der Waals surface area contributed by atoms with Crippen LogP contribution in [0.1, 0.15) is 19.3 Å². The second-order valence-corrected chi connectivity index (χ2v) is 6.02. The summed E-state index contributed by atoms with van der Waals surface area (Å²) in [6.45, 7) is 0. The van der Waals surface area contributed by atoms with Gasteiger partial charge in [-0.05, 0) is 53.4 Å². The summed E-state index contributed by atoms with van der Waals surface area (Å²) in [5, 5.41) is 4.33. The maximum atomic E-state index is 13.6. The van der Waals surface area contributed by atoms with Crippen LogP contribution in [-0.4, -0.2) is 24.2 Å². The standard InChI is InChI=1S/C15H16BrFN2O/c1-20-11-4-3-10(7-11)18-15-5-2-9-6-12(16)13(17)8-14(9)19-15/h2,5-6,8,10-11H,3-4,7H2,1H3,(H,18,19). The molecule has 1 saturated carbocycles. The van der Waals surface area contributed by atoms with Gasteiger partial charge in [-0.25, -0.2) is 9.37 Å². The summed E-state index contributed by atoms with van der Waals surface area (Å²) in [6.07, 6.45) is 3.47. The molecular formula is C15H16BrFN2O. The molecule has 1 fully saturated rings. The van der Waals surface area contributed by atoms with Gasteiger partial charge in [0.25, 0.3) is 0 Å². The molecule has 0 aliphatic heterocycles. The largest absolute Gasteiger partial charge is 0.381 e. The molecule has 0 amide bonds. The van der Waals surface area contributed by atoms with Crippen molar-refractivity contribution in [3.63, 3.8) is 0 Å². The van der Waals surface area contributed by atoms with Crippen LogP contribution in [0.4, 0.5) is 10.2 Å². The number of hydrogen-bond donors (Lipinski definition) is 1. The first-order valence-corrected chi connectivity index (χ1v) is 7.50. The number of hydrogen-bond acceptors (Lipinski definition) is 3. The number of pyridine rings is 1. The number of halogens is 2. The van der Waals surface area contributed by atoms with Crippen molar-refractivity contribution in [2.24, 2.45) is 0 Å². The monoisotopic (exact) mass is 338 g/mol. The lowest BCUT2D eigenvalue weighted by Crippen LogP contribution is -2.17. The predicted molar refractivity (Wildman–Crippen MR) is 81.5 cm³/mol. The van der Waals surface area contributed by atoms with Crippen molar-refractivity contribution in [2.75, 3.05) is 12.4 Å². The van der Waals surface area contributed by atoms with E-state index in [-0.39, 0.29) is 5.82 Å². The fourth-order valence-corrected chi connectivity index (χ4v) is 3.05. The Labute approximate surface area is 125 Å². The molecule has 0 saturated heterocycles. The minimum atomic E-state index is -0.289. The highest BCUT2D eigenvalue weighted by Gasteiger charge is 2.24. The smallest absolute Gasteiger partial charge is 0.139 e. The first kappa shape index (κ1) is 13.8. The number of rotatable bonds is 3. The summed E-state index contributed by atoms with van der Waals surface area (Å²) in [6, 6.07) is 7.48. The summed E-state index contributed by atoms with van der Waals surface area (Å²) in [5.74, 6) is 0.503. The van der Waals surface area contributed by atoms with Crippen LogP contribution >= 0.6 is 15.9 Å². The Bertz CT molecular complexity index is 635. The van der Waals surface area contributed by atoms with E-state index in [4.69, 9.17) is 4.74 Å². The van der Waals surface area contributed by atoms with E-state index in [0.717, 1.165) is 30.5 Å². The van der Waals surface area contributed by atoms with Crippen molar-refractivity contribution in [1.29, 1.82) is 0 Å². The molecule has 2 aromatic rings. The van der Waals surface area contributed by atoms with Gasteiger partial charge in [0.2, 0.25) is 0 Å². The third-order valence-corrected chi connectivity index (χ3v) is 4.41. The van der Waals surface area contributed by atoms with Gasteiger partial charge < -0.3 is 10.1 Å². The van der Waals surface area contributed by atoms with Gasteiger partial charge in [0.1, 0.15) is 11.6 Å². The molecule has 106 valence electrons. The highest BCUT2D eigenvalue weighted by Crippen LogP contribution is 2.26. The molecular weight excluding hydrogens is 323 g/mol. The van der Waals surface area contributed by atoms with Gasteiger partial charge in [0.05, 0.1) is 16.1 Å². The molecule has 1 aromatic heterocycles. The fourth-order valence-electron chi connectivity index (χ4n) is 2.69. The van der Waals surface area contributed by atoms with E-state index in [0.29, 0.717) is 22.1 Å². The van der Waals surface area contributed by atoms with E-state index in [1.165, 1.54) is 6.07 Å². The van der Waals surface area contributed by atoms with Crippen LogP contribution in [-0.2, 0) is 4.74 Å². The number of methoxy groups -OCH3 is 1. The maximum Gasteiger partial charge on any atom is 0.139 e. The summed E-state index contributed by atoms with van der Waals surface area (Å²) < 4.78 is 19.4. The fraction of sp³-hybridized carbons (Fsp3) is 0.400. The second-order valence-electron chi connectivity index (χ2n) is 5.17. The van der Waals surface area contributed by atoms with Crippen molar-refractivity contribution in [3.8, 4) is 0 Å². The van der Waals surface area contributed by atoms with Crippen molar-refractivity contribution < 1.29 is 9.13 Å². The molecule has 1 aliphatic rings. The molecule has 1 heterocycles. The Balaban J connectivity index is 1.81. The molecule has 3 nitrogen and oxygen atoms in total. The number of ether oxygens (including phenoxy) is 1. The predicted octanol–water partition coefficient (Wildman–Crippen LogP) is 4.12. The van der Waals surface area contributed by atoms with Crippen LogP contribution in [0.15, 0.2) is 28.7 Å². The Morgan fingerprint density at radius 2 is 2.20 bits per heavy atom. The number of fused-ring (bicyclic) bond motifs is 1. The van der Waals surface area contributed by atoms with Crippen LogP contribution in [0, 0.1) is 5.82 Å². The van der Waals surface area contributed by atoms with E-state index in [1.807, 2.05) is 12.1 Å². The number of nitrogens with one attached hydrogen (secondary N) is 1. The molecule has 5 heteroatoms. The van der Waals surface area contributed by atoms with Crippen LogP contribution < -0.4 is 5.32 Å². The van der Waals surface area contributed by atoms with Crippen molar-refractivity contribution in [2.45, 2.75) is 31.4 Å². The second kappa shape index (κ2) is 5.66. The molecule has 3 rings (SSSR count). The van der Waals surface area contributed by atoms with Gasteiger partial charge in [-0.15, -0.1) is 0 Å². The van der Waals surface area contributed by atoms with Crippen molar-refractivity contribution in [1.82, 2.24) is 4.98 Å². The molecule has 2 atom stereocenters. The zero-order chi connectivity index (χ0) is 14.1. The highest BCUT2D eigenvalue weighted by molar-refractivity contribution is 9.10.